The van der Waals surface area contributed by atoms with Crippen molar-refractivity contribution in [2.24, 2.45) is 0 Å². The molecule has 0 saturated carbocycles. The molecular formula is C23H17NO. The van der Waals surface area contributed by atoms with Crippen LogP contribution in [0.25, 0.3) is 38.4 Å². The van der Waals surface area contributed by atoms with Crippen LogP contribution in [0, 0.1) is 0 Å². The standard InChI is InChI=1S/C23H17NO/c1-25-19-11-12-22-18(13-19)15-23-20(16-7-3-2-4-8-16)14-17-9-5-6-10-21(17)24(22)23/h2-15H,1H3. The van der Waals surface area contributed by atoms with Crippen LogP contribution in [-0.2, 0) is 0 Å². The van der Waals surface area contributed by atoms with E-state index in [1.54, 1.807) is 7.11 Å². The fourth-order valence-corrected chi connectivity index (χ4v) is 3.67. The van der Waals surface area contributed by atoms with Gasteiger partial charge in [-0.2, -0.15) is 0 Å². The molecule has 2 nitrogen and oxygen atoms in total. The second-order valence-corrected chi connectivity index (χ2v) is 6.27. The third kappa shape index (κ3) is 2.11. The van der Waals surface area contributed by atoms with Crippen molar-refractivity contribution < 1.29 is 4.74 Å². The Morgan fingerprint density at radius 3 is 2.24 bits per heavy atom. The van der Waals surface area contributed by atoms with Crippen molar-refractivity contribution in [1.29, 1.82) is 0 Å². The highest BCUT2D eigenvalue weighted by Crippen LogP contribution is 2.35. The van der Waals surface area contributed by atoms with E-state index in [0.717, 1.165) is 5.75 Å². The number of rotatable bonds is 2. The average molecular weight is 323 g/mol. The Bertz CT molecular complexity index is 1220. The van der Waals surface area contributed by atoms with E-state index in [0.29, 0.717) is 0 Å². The van der Waals surface area contributed by atoms with Gasteiger partial charge >= 0.3 is 0 Å². The molecule has 0 N–H and O–H groups in total. The van der Waals surface area contributed by atoms with Gasteiger partial charge in [0.05, 0.1) is 23.7 Å². The van der Waals surface area contributed by atoms with Gasteiger partial charge in [0, 0.05) is 10.9 Å². The lowest BCUT2D eigenvalue weighted by Gasteiger charge is -2.10. The van der Waals surface area contributed by atoms with Crippen molar-refractivity contribution in [3.8, 4) is 16.9 Å². The third-order valence-electron chi connectivity index (χ3n) is 4.85. The maximum Gasteiger partial charge on any atom is 0.119 e. The summed E-state index contributed by atoms with van der Waals surface area (Å²) in [6.07, 6.45) is 0. The summed E-state index contributed by atoms with van der Waals surface area (Å²) >= 11 is 0. The van der Waals surface area contributed by atoms with Gasteiger partial charge in [-0.3, -0.25) is 0 Å². The minimum Gasteiger partial charge on any atom is -0.497 e. The number of benzene rings is 3. The van der Waals surface area contributed by atoms with Gasteiger partial charge in [-0.25, -0.2) is 0 Å². The summed E-state index contributed by atoms with van der Waals surface area (Å²) in [6, 6.07) is 29.9. The lowest BCUT2D eigenvalue weighted by molar-refractivity contribution is 0.415. The van der Waals surface area contributed by atoms with Crippen LogP contribution < -0.4 is 4.74 Å². The Morgan fingerprint density at radius 2 is 1.40 bits per heavy atom. The molecule has 0 radical (unpaired) electrons. The van der Waals surface area contributed by atoms with Crippen molar-refractivity contribution in [3.63, 3.8) is 0 Å². The van der Waals surface area contributed by atoms with E-state index in [9.17, 15) is 0 Å². The Hall–Kier alpha value is -3.26. The van der Waals surface area contributed by atoms with Gasteiger partial charge in [0.2, 0.25) is 0 Å². The van der Waals surface area contributed by atoms with Crippen LogP contribution in [0.5, 0.6) is 5.75 Å². The zero-order valence-corrected chi connectivity index (χ0v) is 13.9. The SMILES string of the molecule is COc1ccc2c(c1)cc1c(-c3ccccc3)cc3ccccc3n12. The lowest BCUT2D eigenvalue weighted by atomic mass is 10.0. The summed E-state index contributed by atoms with van der Waals surface area (Å²) in [4.78, 5) is 0. The molecule has 0 bridgehead atoms. The largest absolute Gasteiger partial charge is 0.497 e. The summed E-state index contributed by atoms with van der Waals surface area (Å²) in [5, 5.41) is 2.43. The maximum absolute atomic E-state index is 5.41. The number of aromatic nitrogens is 1. The van der Waals surface area contributed by atoms with Crippen LogP contribution in [0.1, 0.15) is 0 Å². The molecule has 0 amide bonds. The van der Waals surface area contributed by atoms with E-state index in [1.807, 2.05) is 6.07 Å². The van der Waals surface area contributed by atoms with Gasteiger partial charge in [-0.15, -0.1) is 0 Å². The minimum atomic E-state index is 0.883. The number of para-hydroxylation sites is 1. The van der Waals surface area contributed by atoms with Crippen LogP contribution in [0.15, 0.2) is 84.9 Å². The second-order valence-electron chi connectivity index (χ2n) is 6.27. The minimum absolute atomic E-state index is 0.883. The molecule has 0 saturated heterocycles. The Kier molecular flexibility index (Phi) is 3.04. The molecule has 0 spiro atoms. The Balaban J connectivity index is 1.99. The Labute approximate surface area is 145 Å². The van der Waals surface area contributed by atoms with Crippen LogP contribution in [-0.4, -0.2) is 11.5 Å². The zero-order chi connectivity index (χ0) is 16.8. The molecule has 0 unspecified atom stereocenters. The molecule has 25 heavy (non-hydrogen) atoms. The highest BCUT2D eigenvalue weighted by Gasteiger charge is 2.12. The first-order valence-corrected chi connectivity index (χ1v) is 8.41. The summed E-state index contributed by atoms with van der Waals surface area (Å²) < 4.78 is 7.77. The predicted octanol–water partition coefficient (Wildman–Crippen LogP) is 5.92. The molecule has 5 aromatic rings. The number of ether oxygens (including phenoxy) is 1. The molecule has 2 heteroatoms. The molecule has 0 aliphatic carbocycles. The topological polar surface area (TPSA) is 13.6 Å². The molecule has 5 rings (SSSR count). The molecule has 2 heterocycles. The molecule has 0 aliphatic rings. The fourth-order valence-electron chi connectivity index (χ4n) is 3.67. The van der Waals surface area contributed by atoms with Gasteiger partial charge in [0.25, 0.3) is 0 Å². The number of hydrogen-bond acceptors (Lipinski definition) is 1. The first-order chi connectivity index (χ1) is 12.3. The van der Waals surface area contributed by atoms with Crippen molar-refractivity contribution in [2.45, 2.75) is 0 Å². The second kappa shape index (κ2) is 5.38. The van der Waals surface area contributed by atoms with Gasteiger partial charge in [0.15, 0.2) is 0 Å². The van der Waals surface area contributed by atoms with E-state index >= 15 is 0 Å². The van der Waals surface area contributed by atoms with E-state index in [-0.39, 0.29) is 0 Å². The zero-order valence-electron chi connectivity index (χ0n) is 13.9. The number of methoxy groups -OCH3 is 1. The normalized spacial score (nSPS) is 11.4. The first-order valence-electron chi connectivity index (χ1n) is 8.41. The predicted molar refractivity (Wildman–Crippen MR) is 104 cm³/mol. The van der Waals surface area contributed by atoms with Crippen LogP contribution in [0.2, 0.25) is 0 Å². The molecular weight excluding hydrogens is 306 g/mol. The van der Waals surface area contributed by atoms with Crippen molar-refractivity contribution in [1.82, 2.24) is 4.40 Å². The highest BCUT2D eigenvalue weighted by molar-refractivity contribution is 6.01. The van der Waals surface area contributed by atoms with Crippen LogP contribution in [0.4, 0.5) is 0 Å². The van der Waals surface area contributed by atoms with Crippen molar-refractivity contribution in [3.05, 3.63) is 84.9 Å². The van der Waals surface area contributed by atoms with Crippen LogP contribution >= 0.6 is 0 Å². The summed E-state index contributed by atoms with van der Waals surface area (Å²) in [7, 11) is 1.71. The molecule has 0 atom stereocenters. The van der Waals surface area contributed by atoms with E-state index in [1.165, 1.54) is 38.4 Å². The van der Waals surface area contributed by atoms with Gasteiger partial charge in [0.1, 0.15) is 5.75 Å². The number of nitrogens with zero attached hydrogens (tertiary/aromatic N) is 1. The average Bonchev–Trinajstić information content (AvgIpc) is 3.06. The molecule has 120 valence electrons. The van der Waals surface area contributed by atoms with Gasteiger partial charge < -0.3 is 9.14 Å². The molecule has 3 aromatic carbocycles. The third-order valence-corrected chi connectivity index (χ3v) is 4.85. The quantitative estimate of drug-likeness (QED) is 0.393. The monoisotopic (exact) mass is 323 g/mol. The summed E-state index contributed by atoms with van der Waals surface area (Å²) in [5.74, 6) is 0.883. The lowest BCUT2D eigenvalue weighted by Crippen LogP contribution is -1.91. The number of pyridine rings is 1. The van der Waals surface area contributed by atoms with Crippen LogP contribution in [0.3, 0.4) is 0 Å². The van der Waals surface area contributed by atoms with E-state index in [4.69, 9.17) is 4.74 Å². The molecule has 0 fully saturated rings. The van der Waals surface area contributed by atoms with E-state index < -0.39 is 0 Å². The molecule has 2 aromatic heterocycles. The number of fused-ring (bicyclic) bond motifs is 5. The molecule has 0 aliphatic heterocycles. The number of hydrogen-bond donors (Lipinski definition) is 0. The van der Waals surface area contributed by atoms with Crippen molar-refractivity contribution >= 4 is 27.3 Å². The fraction of sp³-hybridized carbons (Fsp3) is 0.0435. The summed E-state index contributed by atoms with van der Waals surface area (Å²) in [5.41, 5.74) is 6.11. The van der Waals surface area contributed by atoms with Gasteiger partial charge in [-0.05, 0) is 47.3 Å². The summed E-state index contributed by atoms with van der Waals surface area (Å²) in [6.45, 7) is 0. The van der Waals surface area contributed by atoms with E-state index in [2.05, 4.69) is 83.3 Å². The maximum atomic E-state index is 5.41. The van der Waals surface area contributed by atoms with Crippen molar-refractivity contribution in [2.75, 3.05) is 7.11 Å². The first kappa shape index (κ1) is 14.1. The smallest absolute Gasteiger partial charge is 0.119 e. The van der Waals surface area contributed by atoms with Gasteiger partial charge in [-0.1, -0.05) is 48.5 Å². The Morgan fingerprint density at radius 1 is 0.640 bits per heavy atom. The highest BCUT2D eigenvalue weighted by atomic mass is 16.5.